The van der Waals surface area contributed by atoms with Crippen LogP contribution in [0.5, 0.6) is 5.75 Å². The third-order valence-corrected chi connectivity index (χ3v) is 8.09. The number of hydrogen-bond acceptors (Lipinski definition) is 3. The van der Waals surface area contributed by atoms with Gasteiger partial charge in [0.1, 0.15) is 5.75 Å². The fourth-order valence-corrected chi connectivity index (χ4v) is 5.66. The first-order valence-corrected chi connectivity index (χ1v) is 15.3. The Kier molecular flexibility index (Phi) is 14.0. The van der Waals surface area contributed by atoms with Gasteiger partial charge in [-0.25, -0.2) is 9.97 Å². The molecule has 0 N–H and O–H groups in total. The molecule has 1 aromatic carbocycles. The highest BCUT2D eigenvalue weighted by Gasteiger charge is 2.20. The lowest BCUT2D eigenvalue weighted by molar-refractivity contribution is 0.228. The molecule has 0 saturated heterocycles. The summed E-state index contributed by atoms with van der Waals surface area (Å²) in [5.74, 6) is 3.68. The first-order valence-electron chi connectivity index (χ1n) is 15.3. The van der Waals surface area contributed by atoms with Crippen molar-refractivity contribution < 1.29 is 4.74 Å². The SMILES string of the molecule is CCCCCCCCCCc1cnc(-c2ccc(OCCC[C@H]3CC[C@H](CCCC)CC3)cc2)nc1. The van der Waals surface area contributed by atoms with E-state index in [1.54, 1.807) is 0 Å². The maximum Gasteiger partial charge on any atom is 0.159 e. The molecule has 0 radical (unpaired) electrons. The van der Waals surface area contributed by atoms with E-state index >= 15 is 0 Å². The normalized spacial score (nSPS) is 17.8. The van der Waals surface area contributed by atoms with Crippen LogP contribution in [-0.2, 0) is 6.42 Å². The van der Waals surface area contributed by atoms with Crippen LogP contribution >= 0.6 is 0 Å². The highest BCUT2D eigenvalue weighted by atomic mass is 16.5. The summed E-state index contributed by atoms with van der Waals surface area (Å²) >= 11 is 0. The van der Waals surface area contributed by atoms with E-state index in [1.165, 1.54) is 108 Å². The number of benzene rings is 1. The van der Waals surface area contributed by atoms with Gasteiger partial charge in [0.05, 0.1) is 6.61 Å². The Hall–Kier alpha value is -1.90. The Balaban J connectivity index is 1.28. The first-order chi connectivity index (χ1) is 17.8. The van der Waals surface area contributed by atoms with Crippen LogP contribution in [0, 0.1) is 11.8 Å². The summed E-state index contributed by atoms with van der Waals surface area (Å²) in [6.45, 7) is 5.40. The minimum absolute atomic E-state index is 0.802. The van der Waals surface area contributed by atoms with Crippen molar-refractivity contribution in [3.63, 3.8) is 0 Å². The maximum atomic E-state index is 6.03. The number of nitrogens with zero attached hydrogens (tertiary/aromatic N) is 2. The summed E-state index contributed by atoms with van der Waals surface area (Å²) in [6.07, 6.45) is 28.4. The molecule has 1 aliphatic rings. The van der Waals surface area contributed by atoms with Gasteiger partial charge < -0.3 is 4.74 Å². The topological polar surface area (TPSA) is 35.0 Å². The van der Waals surface area contributed by atoms with Gasteiger partial charge in [0.25, 0.3) is 0 Å². The molecular formula is C33H52N2O. The first kappa shape index (κ1) is 28.7. The molecule has 1 saturated carbocycles. The summed E-state index contributed by atoms with van der Waals surface area (Å²) in [5, 5.41) is 0. The Morgan fingerprint density at radius 1 is 0.667 bits per heavy atom. The molecule has 1 aromatic heterocycles. The molecule has 1 heterocycles. The minimum atomic E-state index is 0.802. The van der Waals surface area contributed by atoms with Crippen molar-refractivity contribution in [1.29, 1.82) is 0 Å². The van der Waals surface area contributed by atoms with Gasteiger partial charge in [-0.15, -0.1) is 0 Å². The third kappa shape index (κ3) is 11.0. The smallest absolute Gasteiger partial charge is 0.159 e. The number of aryl methyl sites for hydroxylation is 1. The van der Waals surface area contributed by atoms with Crippen LogP contribution in [0.25, 0.3) is 11.4 Å². The van der Waals surface area contributed by atoms with Crippen molar-refractivity contribution in [3.8, 4) is 17.1 Å². The van der Waals surface area contributed by atoms with E-state index in [1.807, 2.05) is 12.4 Å². The second kappa shape index (κ2) is 17.5. The third-order valence-electron chi connectivity index (χ3n) is 8.09. The lowest BCUT2D eigenvalue weighted by Gasteiger charge is -2.28. The highest BCUT2D eigenvalue weighted by Crippen LogP contribution is 2.34. The number of rotatable bonds is 18. The van der Waals surface area contributed by atoms with Crippen molar-refractivity contribution in [2.75, 3.05) is 6.61 Å². The number of aromatic nitrogens is 2. The molecular weight excluding hydrogens is 440 g/mol. The summed E-state index contributed by atoms with van der Waals surface area (Å²) in [4.78, 5) is 9.25. The zero-order valence-corrected chi connectivity index (χ0v) is 23.4. The van der Waals surface area contributed by atoms with Crippen LogP contribution in [-0.4, -0.2) is 16.6 Å². The Labute approximate surface area is 221 Å². The number of unbranched alkanes of at least 4 members (excludes halogenated alkanes) is 8. The van der Waals surface area contributed by atoms with E-state index in [0.29, 0.717) is 0 Å². The standard InChI is InChI=1S/C33H52N2O/c1-3-5-7-8-9-10-11-12-15-30-26-34-33(35-27-30)31-21-23-32(24-22-31)36-25-13-16-29-19-17-28(18-20-29)14-6-4-2/h21-24,26-29H,3-20,25H2,1-2H3/t28-,29-. The molecule has 3 nitrogen and oxygen atoms in total. The molecule has 1 aliphatic carbocycles. The van der Waals surface area contributed by atoms with Gasteiger partial charge in [-0.05, 0) is 67.3 Å². The lowest BCUT2D eigenvalue weighted by atomic mass is 9.78. The molecule has 0 atom stereocenters. The average Bonchev–Trinajstić information content (AvgIpc) is 2.93. The van der Waals surface area contributed by atoms with Crippen molar-refractivity contribution >= 4 is 0 Å². The maximum absolute atomic E-state index is 6.03. The van der Waals surface area contributed by atoms with Gasteiger partial charge in [0.15, 0.2) is 5.82 Å². The predicted molar refractivity (Wildman–Crippen MR) is 153 cm³/mol. The molecule has 2 aromatic rings. The molecule has 3 rings (SSSR count). The van der Waals surface area contributed by atoms with E-state index in [9.17, 15) is 0 Å². The second-order valence-electron chi connectivity index (χ2n) is 11.2. The van der Waals surface area contributed by atoms with E-state index < -0.39 is 0 Å². The molecule has 0 aliphatic heterocycles. The fourth-order valence-electron chi connectivity index (χ4n) is 5.66. The van der Waals surface area contributed by atoms with Crippen molar-refractivity contribution in [3.05, 3.63) is 42.2 Å². The Morgan fingerprint density at radius 3 is 1.83 bits per heavy atom. The van der Waals surface area contributed by atoms with Crippen molar-refractivity contribution in [2.24, 2.45) is 11.8 Å². The second-order valence-corrected chi connectivity index (χ2v) is 11.2. The van der Waals surface area contributed by atoms with Gasteiger partial charge in [-0.2, -0.15) is 0 Å². The minimum Gasteiger partial charge on any atom is -0.494 e. The summed E-state index contributed by atoms with van der Waals surface area (Å²) < 4.78 is 6.03. The van der Waals surface area contributed by atoms with Crippen molar-refractivity contribution in [1.82, 2.24) is 9.97 Å². The molecule has 3 heteroatoms. The molecule has 0 unspecified atom stereocenters. The van der Waals surface area contributed by atoms with Gasteiger partial charge in [0.2, 0.25) is 0 Å². The fraction of sp³-hybridized carbons (Fsp3) is 0.697. The lowest BCUT2D eigenvalue weighted by Crippen LogP contribution is -2.15. The van der Waals surface area contributed by atoms with Crippen LogP contribution < -0.4 is 4.74 Å². The quantitative estimate of drug-likeness (QED) is 0.194. The van der Waals surface area contributed by atoms with Crippen LogP contribution in [0.4, 0.5) is 0 Å². The summed E-state index contributed by atoms with van der Waals surface area (Å²) in [5.41, 5.74) is 2.31. The van der Waals surface area contributed by atoms with E-state index in [2.05, 4.69) is 48.1 Å². The predicted octanol–water partition coefficient (Wildman–Crippen LogP) is 9.98. The van der Waals surface area contributed by atoms with Gasteiger partial charge in [-0.3, -0.25) is 0 Å². The van der Waals surface area contributed by atoms with Gasteiger partial charge in [0, 0.05) is 18.0 Å². The van der Waals surface area contributed by atoms with E-state index in [4.69, 9.17) is 4.74 Å². The molecule has 1 fully saturated rings. The van der Waals surface area contributed by atoms with Gasteiger partial charge in [-0.1, -0.05) is 104 Å². The van der Waals surface area contributed by atoms with Crippen LogP contribution in [0.1, 0.15) is 129 Å². The van der Waals surface area contributed by atoms with Gasteiger partial charge >= 0.3 is 0 Å². The number of hydrogen-bond donors (Lipinski definition) is 0. The largest absolute Gasteiger partial charge is 0.494 e. The van der Waals surface area contributed by atoms with E-state index in [0.717, 1.165) is 48.4 Å². The summed E-state index contributed by atoms with van der Waals surface area (Å²) in [6, 6.07) is 8.29. The molecule has 36 heavy (non-hydrogen) atoms. The molecule has 200 valence electrons. The summed E-state index contributed by atoms with van der Waals surface area (Å²) in [7, 11) is 0. The molecule has 0 bridgehead atoms. The zero-order valence-electron chi connectivity index (χ0n) is 23.4. The Bertz CT molecular complexity index is 793. The van der Waals surface area contributed by atoms with Crippen LogP contribution in [0.3, 0.4) is 0 Å². The van der Waals surface area contributed by atoms with E-state index in [-0.39, 0.29) is 0 Å². The number of ether oxygens (including phenoxy) is 1. The highest BCUT2D eigenvalue weighted by molar-refractivity contribution is 5.55. The molecule has 0 spiro atoms. The van der Waals surface area contributed by atoms with Crippen molar-refractivity contribution in [2.45, 2.75) is 129 Å². The molecule has 0 amide bonds. The monoisotopic (exact) mass is 492 g/mol. The Morgan fingerprint density at radius 2 is 1.22 bits per heavy atom. The average molecular weight is 493 g/mol. The van der Waals surface area contributed by atoms with Crippen LogP contribution in [0.15, 0.2) is 36.7 Å². The van der Waals surface area contributed by atoms with Crippen LogP contribution in [0.2, 0.25) is 0 Å². The zero-order chi connectivity index (χ0) is 25.3.